The Morgan fingerprint density at radius 1 is 1.54 bits per heavy atom. The van der Waals surface area contributed by atoms with E-state index in [-0.39, 0.29) is 12.1 Å². The van der Waals surface area contributed by atoms with Gasteiger partial charge in [-0.1, -0.05) is 6.92 Å². The predicted octanol–water partition coefficient (Wildman–Crippen LogP) is 0.425. The highest BCUT2D eigenvalue weighted by Crippen LogP contribution is 2.26. The summed E-state index contributed by atoms with van der Waals surface area (Å²) in [6.07, 6.45) is 0.857. The van der Waals surface area contributed by atoms with E-state index >= 15 is 0 Å². The second kappa shape index (κ2) is 4.40. The van der Waals surface area contributed by atoms with Gasteiger partial charge >= 0.3 is 0 Å². The lowest BCUT2D eigenvalue weighted by molar-refractivity contribution is 0.0563. The third-order valence-corrected chi connectivity index (χ3v) is 3.51. The van der Waals surface area contributed by atoms with Gasteiger partial charge in [0.2, 0.25) is 0 Å². The molecule has 0 aromatic rings. The first-order valence-corrected chi connectivity index (χ1v) is 5.21. The number of aliphatic hydroxyl groups is 1. The average Bonchev–Trinajstić information content (AvgIpc) is 2.45. The molecular weight excluding hydrogens is 164 g/mol. The molecule has 1 heterocycles. The van der Waals surface area contributed by atoms with Gasteiger partial charge in [-0.15, -0.1) is 0 Å². The summed E-state index contributed by atoms with van der Waals surface area (Å²) in [6, 6.07) is 0.779. The molecule has 0 aliphatic carbocycles. The summed E-state index contributed by atoms with van der Waals surface area (Å²) in [5.74, 6) is 0.743. The van der Waals surface area contributed by atoms with E-state index < -0.39 is 0 Å². The van der Waals surface area contributed by atoms with Crippen LogP contribution in [0.3, 0.4) is 0 Å². The summed E-state index contributed by atoms with van der Waals surface area (Å²) in [4.78, 5) is 2.36. The summed E-state index contributed by atoms with van der Waals surface area (Å²) in [7, 11) is 0. The second-order valence-corrected chi connectivity index (χ2v) is 4.29. The van der Waals surface area contributed by atoms with Crippen molar-refractivity contribution in [3.05, 3.63) is 0 Å². The topological polar surface area (TPSA) is 49.5 Å². The summed E-state index contributed by atoms with van der Waals surface area (Å²) in [5, 5.41) is 9.62. The van der Waals surface area contributed by atoms with Crippen molar-refractivity contribution in [1.29, 1.82) is 0 Å². The van der Waals surface area contributed by atoms with Crippen LogP contribution in [0.2, 0.25) is 0 Å². The minimum Gasteiger partial charge on any atom is -0.390 e. The maximum Gasteiger partial charge on any atom is 0.0814 e. The van der Waals surface area contributed by atoms with Crippen LogP contribution in [0.15, 0.2) is 0 Å². The van der Waals surface area contributed by atoms with Gasteiger partial charge in [0.05, 0.1) is 6.10 Å². The molecular formula is C10H22N2O. The van der Waals surface area contributed by atoms with E-state index in [2.05, 4.69) is 25.7 Å². The largest absolute Gasteiger partial charge is 0.390 e. The van der Waals surface area contributed by atoms with E-state index in [9.17, 15) is 5.11 Å². The summed E-state index contributed by atoms with van der Waals surface area (Å²) in [6.45, 7) is 8.02. The maximum absolute atomic E-state index is 9.62. The van der Waals surface area contributed by atoms with Gasteiger partial charge in [0.1, 0.15) is 0 Å². The summed E-state index contributed by atoms with van der Waals surface area (Å²) < 4.78 is 0. The van der Waals surface area contributed by atoms with Crippen LogP contribution in [0.5, 0.6) is 0 Å². The third-order valence-electron chi connectivity index (χ3n) is 3.51. The lowest BCUT2D eigenvalue weighted by atomic mass is 10.0. The monoisotopic (exact) mass is 186 g/mol. The van der Waals surface area contributed by atoms with E-state index in [4.69, 9.17) is 5.73 Å². The quantitative estimate of drug-likeness (QED) is 0.672. The van der Waals surface area contributed by atoms with E-state index in [1.807, 2.05) is 0 Å². The molecule has 1 aliphatic rings. The molecule has 1 saturated heterocycles. The van der Waals surface area contributed by atoms with Crippen molar-refractivity contribution in [3.8, 4) is 0 Å². The van der Waals surface area contributed by atoms with Crippen LogP contribution in [0.25, 0.3) is 0 Å². The molecule has 3 N–H and O–H groups in total. The molecule has 78 valence electrons. The molecule has 0 spiro atoms. The summed E-state index contributed by atoms with van der Waals surface area (Å²) >= 11 is 0. The zero-order valence-corrected chi connectivity index (χ0v) is 8.90. The van der Waals surface area contributed by atoms with E-state index in [0.29, 0.717) is 12.6 Å². The molecule has 3 nitrogen and oxygen atoms in total. The van der Waals surface area contributed by atoms with Crippen molar-refractivity contribution in [2.24, 2.45) is 11.7 Å². The van der Waals surface area contributed by atoms with Crippen molar-refractivity contribution in [2.45, 2.75) is 45.4 Å². The highest BCUT2D eigenvalue weighted by Gasteiger charge is 2.32. The smallest absolute Gasteiger partial charge is 0.0814 e. The molecule has 1 fully saturated rings. The highest BCUT2D eigenvalue weighted by atomic mass is 16.3. The molecule has 4 atom stereocenters. The number of likely N-dealkylation sites (tertiary alicyclic amines) is 1. The Bertz CT molecular complexity index is 163. The SMILES string of the molecule is CC1CCN(C(C)C(O)CN)C1C. The zero-order valence-electron chi connectivity index (χ0n) is 8.90. The van der Waals surface area contributed by atoms with Crippen molar-refractivity contribution in [1.82, 2.24) is 4.90 Å². The molecule has 0 radical (unpaired) electrons. The van der Waals surface area contributed by atoms with Gasteiger partial charge in [-0.05, 0) is 32.7 Å². The van der Waals surface area contributed by atoms with Crippen molar-refractivity contribution < 1.29 is 5.11 Å². The Hall–Kier alpha value is -0.120. The molecule has 0 aromatic heterocycles. The van der Waals surface area contributed by atoms with E-state index in [1.54, 1.807) is 0 Å². The first-order chi connectivity index (χ1) is 6.07. The predicted molar refractivity (Wildman–Crippen MR) is 54.5 cm³/mol. The van der Waals surface area contributed by atoms with Crippen LogP contribution in [0, 0.1) is 5.92 Å². The van der Waals surface area contributed by atoms with Gasteiger partial charge in [0.25, 0.3) is 0 Å². The Kier molecular flexibility index (Phi) is 3.71. The van der Waals surface area contributed by atoms with Crippen molar-refractivity contribution >= 4 is 0 Å². The van der Waals surface area contributed by atoms with Crippen molar-refractivity contribution in [3.63, 3.8) is 0 Å². The van der Waals surface area contributed by atoms with Crippen molar-refractivity contribution in [2.75, 3.05) is 13.1 Å². The minimum atomic E-state index is -0.382. The van der Waals surface area contributed by atoms with Gasteiger partial charge in [-0.3, -0.25) is 4.90 Å². The lowest BCUT2D eigenvalue weighted by Gasteiger charge is -2.32. The maximum atomic E-state index is 9.62. The standard InChI is InChI=1S/C10H22N2O/c1-7-4-5-12(8(7)2)9(3)10(13)6-11/h7-10,13H,4-6,11H2,1-3H3. The molecule has 0 aromatic carbocycles. The molecule has 1 rings (SSSR count). The fourth-order valence-electron chi connectivity index (χ4n) is 2.12. The Morgan fingerprint density at radius 3 is 2.54 bits per heavy atom. The van der Waals surface area contributed by atoms with Gasteiger partial charge in [0, 0.05) is 18.6 Å². The Morgan fingerprint density at radius 2 is 2.15 bits per heavy atom. The normalized spacial score (nSPS) is 34.8. The molecule has 0 amide bonds. The third kappa shape index (κ3) is 2.22. The van der Waals surface area contributed by atoms with Crippen LogP contribution < -0.4 is 5.73 Å². The number of hydrogen-bond acceptors (Lipinski definition) is 3. The van der Waals surface area contributed by atoms with Crippen LogP contribution in [-0.2, 0) is 0 Å². The van der Waals surface area contributed by atoms with Crippen LogP contribution >= 0.6 is 0 Å². The van der Waals surface area contributed by atoms with Crippen LogP contribution in [0.1, 0.15) is 27.2 Å². The minimum absolute atomic E-state index is 0.199. The summed E-state index contributed by atoms with van der Waals surface area (Å²) in [5.41, 5.74) is 5.44. The lowest BCUT2D eigenvalue weighted by Crippen LogP contribution is -2.46. The number of rotatable bonds is 3. The molecule has 0 saturated carbocycles. The highest BCUT2D eigenvalue weighted by molar-refractivity contribution is 4.87. The first kappa shape index (κ1) is 11.0. The number of aliphatic hydroxyl groups excluding tert-OH is 1. The van der Waals surface area contributed by atoms with Gasteiger partial charge < -0.3 is 10.8 Å². The fraction of sp³-hybridized carbons (Fsp3) is 1.00. The van der Waals surface area contributed by atoms with E-state index in [0.717, 1.165) is 12.5 Å². The van der Waals surface area contributed by atoms with Gasteiger partial charge in [-0.2, -0.15) is 0 Å². The number of nitrogens with two attached hydrogens (primary N) is 1. The van der Waals surface area contributed by atoms with Crippen LogP contribution in [-0.4, -0.2) is 41.3 Å². The molecule has 0 bridgehead atoms. The Labute approximate surface area is 80.9 Å². The fourth-order valence-corrected chi connectivity index (χ4v) is 2.12. The molecule has 4 unspecified atom stereocenters. The average molecular weight is 186 g/mol. The molecule has 13 heavy (non-hydrogen) atoms. The number of hydrogen-bond donors (Lipinski definition) is 2. The van der Waals surface area contributed by atoms with E-state index in [1.165, 1.54) is 6.42 Å². The molecule has 1 aliphatic heterocycles. The second-order valence-electron chi connectivity index (χ2n) is 4.29. The zero-order chi connectivity index (χ0) is 10.0. The molecule has 3 heteroatoms. The van der Waals surface area contributed by atoms with Gasteiger partial charge in [-0.25, -0.2) is 0 Å². The van der Waals surface area contributed by atoms with Crippen LogP contribution in [0.4, 0.5) is 0 Å². The number of nitrogens with zero attached hydrogens (tertiary/aromatic N) is 1. The van der Waals surface area contributed by atoms with Gasteiger partial charge in [0.15, 0.2) is 0 Å². The Balaban J connectivity index is 2.52. The first-order valence-electron chi connectivity index (χ1n) is 5.21.